The zero-order chi connectivity index (χ0) is 12.9. The first-order chi connectivity index (χ1) is 7.89. The van der Waals surface area contributed by atoms with E-state index < -0.39 is 11.4 Å². The molecule has 1 rings (SSSR count). The van der Waals surface area contributed by atoms with Gasteiger partial charge < -0.3 is 15.2 Å². The Labute approximate surface area is 102 Å². The number of nitrogens with one attached hydrogen (secondary N) is 1. The minimum Gasteiger partial charge on any atom is -0.481 e. The second-order valence-corrected chi connectivity index (χ2v) is 5.39. The fourth-order valence-electron chi connectivity index (χ4n) is 2.04. The van der Waals surface area contributed by atoms with Crippen molar-refractivity contribution in [2.75, 3.05) is 13.2 Å². The second kappa shape index (κ2) is 6.00. The van der Waals surface area contributed by atoms with Gasteiger partial charge in [-0.3, -0.25) is 9.59 Å². The van der Waals surface area contributed by atoms with Gasteiger partial charge in [0.05, 0.1) is 19.1 Å². The lowest BCUT2D eigenvalue weighted by molar-refractivity contribution is -0.139. The maximum absolute atomic E-state index is 11.7. The van der Waals surface area contributed by atoms with E-state index in [4.69, 9.17) is 9.84 Å². The number of hydrogen-bond acceptors (Lipinski definition) is 3. The average Bonchev–Trinajstić information content (AvgIpc) is 2.15. The van der Waals surface area contributed by atoms with Crippen LogP contribution < -0.4 is 5.32 Å². The lowest BCUT2D eigenvalue weighted by Gasteiger charge is -2.26. The number of carboxylic acid groups (broad SMARTS) is 1. The largest absolute Gasteiger partial charge is 0.481 e. The van der Waals surface area contributed by atoms with Crippen LogP contribution in [0, 0.1) is 5.41 Å². The predicted octanol–water partition coefficient (Wildman–Crippen LogP) is 1.17. The van der Waals surface area contributed by atoms with Gasteiger partial charge in [0.2, 0.25) is 5.91 Å². The molecule has 1 heterocycles. The van der Waals surface area contributed by atoms with E-state index in [1.165, 1.54) is 0 Å². The first-order valence-electron chi connectivity index (χ1n) is 5.98. The molecule has 5 nitrogen and oxygen atoms in total. The molecule has 0 aromatic heterocycles. The van der Waals surface area contributed by atoms with Crippen LogP contribution in [0.4, 0.5) is 0 Å². The van der Waals surface area contributed by atoms with E-state index in [9.17, 15) is 9.59 Å². The lowest BCUT2D eigenvalue weighted by Crippen LogP contribution is -2.42. The molecule has 0 spiro atoms. The first-order valence-corrected chi connectivity index (χ1v) is 5.98. The van der Waals surface area contributed by atoms with E-state index >= 15 is 0 Å². The van der Waals surface area contributed by atoms with Crippen LogP contribution in [0.3, 0.4) is 0 Å². The molecular weight excluding hydrogens is 222 g/mol. The number of rotatable bonds is 5. The Morgan fingerprint density at radius 3 is 2.65 bits per heavy atom. The van der Waals surface area contributed by atoms with E-state index in [0.29, 0.717) is 6.61 Å². The van der Waals surface area contributed by atoms with Crippen molar-refractivity contribution in [3.63, 3.8) is 0 Å². The molecule has 1 atom stereocenters. The summed E-state index contributed by atoms with van der Waals surface area (Å²) in [7, 11) is 0. The molecule has 0 aromatic rings. The van der Waals surface area contributed by atoms with Gasteiger partial charge in [0, 0.05) is 13.0 Å². The van der Waals surface area contributed by atoms with Gasteiger partial charge in [-0.05, 0) is 18.3 Å². The van der Waals surface area contributed by atoms with Gasteiger partial charge in [-0.2, -0.15) is 0 Å². The number of hydrogen-bond donors (Lipinski definition) is 2. The summed E-state index contributed by atoms with van der Waals surface area (Å²) in [6, 6.07) is 0.0804. The SMILES string of the molecule is CC(C)(CC(=O)O)CC(=O)NC1CCCOC1. The fourth-order valence-corrected chi connectivity index (χ4v) is 2.04. The van der Waals surface area contributed by atoms with E-state index in [0.717, 1.165) is 19.4 Å². The summed E-state index contributed by atoms with van der Waals surface area (Å²) in [6.45, 7) is 4.90. The normalized spacial score (nSPS) is 20.9. The summed E-state index contributed by atoms with van der Waals surface area (Å²) >= 11 is 0. The Morgan fingerprint density at radius 2 is 2.12 bits per heavy atom. The highest BCUT2D eigenvalue weighted by molar-refractivity contribution is 5.78. The molecule has 1 fully saturated rings. The van der Waals surface area contributed by atoms with Crippen molar-refractivity contribution in [3.8, 4) is 0 Å². The minimum atomic E-state index is -0.871. The summed E-state index contributed by atoms with van der Waals surface area (Å²) in [4.78, 5) is 22.4. The molecule has 0 bridgehead atoms. The molecule has 17 heavy (non-hydrogen) atoms. The predicted molar refractivity (Wildman–Crippen MR) is 62.6 cm³/mol. The van der Waals surface area contributed by atoms with Gasteiger partial charge in [0.1, 0.15) is 0 Å². The smallest absolute Gasteiger partial charge is 0.303 e. The molecule has 0 saturated carbocycles. The van der Waals surface area contributed by atoms with Gasteiger partial charge in [-0.1, -0.05) is 13.8 Å². The Balaban J connectivity index is 2.34. The van der Waals surface area contributed by atoms with Crippen LogP contribution in [0.15, 0.2) is 0 Å². The number of ether oxygens (including phenoxy) is 1. The maximum Gasteiger partial charge on any atom is 0.303 e. The van der Waals surface area contributed by atoms with Crippen LogP contribution in [0.25, 0.3) is 0 Å². The summed E-state index contributed by atoms with van der Waals surface area (Å²) in [5.41, 5.74) is -0.508. The highest BCUT2D eigenvalue weighted by Crippen LogP contribution is 2.24. The van der Waals surface area contributed by atoms with Crippen molar-refractivity contribution in [1.29, 1.82) is 0 Å². The molecule has 0 radical (unpaired) electrons. The summed E-state index contributed by atoms with van der Waals surface area (Å²) in [5.74, 6) is -0.962. The third-order valence-corrected chi connectivity index (χ3v) is 2.79. The van der Waals surface area contributed by atoms with Crippen molar-refractivity contribution in [2.45, 2.75) is 45.6 Å². The molecule has 5 heteroatoms. The van der Waals surface area contributed by atoms with Crippen molar-refractivity contribution in [1.82, 2.24) is 5.32 Å². The second-order valence-electron chi connectivity index (χ2n) is 5.39. The molecule has 1 aliphatic rings. The van der Waals surface area contributed by atoms with Crippen LogP contribution >= 0.6 is 0 Å². The standard InChI is InChI=1S/C12H21NO4/c1-12(2,7-11(15)16)6-10(14)13-9-4-3-5-17-8-9/h9H,3-8H2,1-2H3,(H,13,14)(H,15,16). The average molecular weight is 243 g/mol. The topological polar surface area (TPSA) is 75.6 Å². The van der Waals surface area contributed by atoms with Gasteiger partial charge in [-0.25, -0.2) is 0 Å². The summed E-state index contributed by atoms with van der Waals surface area (Å²) in [6.07, 6.45) is 2.13. The highest BCUT2D eigenvalue weighted by atomic mass is 16.5. The van der Waals surface area contributed by atoms with Crippen LogP contribution in [0.2, 0.25) is 0 Å². The van der Waals surface area contributed by atoms with Crippen molar-refractivity contribution in [2.24, 2.45) is 5.41 Å². The molecule has 1 unspecified atom stereocenters. The van der Waals surface area contributed by atoms with Crippen LogP contribution in [0.1, 0.15) is 39.5 Å². The van der Waals surface area contributed by atoms with Gasteiger partial charge in [0.15, 0.2) is 0 Å². The Kier molecular flexibility index (Phi) is 4.93. The zero-order valence-electron chi connectivity index (χ0n) is 10.5. The van der Waals surface area contributed by atoms with E-state index in [1.807, 2.05) is 0 Å². The maximum atomic E-state index is 11.7. The Hall–Kier alpha value is -1.10. The third-order valence-electron chi connectivity index (χ3n) is 2.79. The van der Waals surface area contributed by atoms with Gasteiger partial charge >= 0.3 is 5.97 Å². The van der Waals surface area contributed by atoms with Crippen LogP contribution in [-0.2, 0) is 14.3 Å². The molecule has 1 saturated heterocycles. The Bertz CT molecular complexity index is 282. The summed E-state index contributed by atoms with van der Waals surface area (Å²) < 4.78 is 5.27. The number of amides is 1. The van der Waals surface area contributed by atoms with Crippen molar-refractivity contribution in [3.05, 3.63) is 0 Å². The minimum absolute atomic E-state index is 0.00157. The monoisotopic (exact) mass is 243 g/mol. The molecule has 1 aliphatic heterocycles. The fraction of sp³-hybridized carbons (Fsp3) is 0.833. The Morgan fingerprint density at radius 1 is 1.41 bits per heavy atom. The van der Waals surface area contributed by atoms with Crippen LogP contribution in [0.5, 0.6) is 0 Å². The van der Waals surface area contributed by atoms with Crippen molar-refractivity contribution >= 4 is 11.9 Å². The molecule has 98 valence electrons. The molecule has 0 aromatic carbocycles. The number of carbonyl (C=O) groups excluding carboxylic acids is 1. The van der Waals surface area contributed by atoms with Gasteiger partial charge in [-0.15, -0.1) is 0 Å². The van der Waals surface area contributed by atoms with E-state index in [1.54, 1.807) is 13.8 Å². The summed E-state index contributed by atoms with van der Waals surface area (Å²) in [5, 5.41) is 11.6. The third kappa shape index (κ3) is 5.68. The quantitative estimate of drug-likeness (QED) is 0.760. The highest BCUT2D eigenvalue weighted by Gasteiger charge is 2.26. The number of carboxylic acids is 1. The zero-order valence-corrected chi connectivity index (χ0v) is 10.5. The molecule has 1 amide bonds. The molecule has 2 N–H and O–H groups in total. The van der Waals surface area contributed by atoms with Crippen LogP contribution in [-0.4, -0.2) is 36.2 Å². The van der Waals surface area contributed by atoms with E-state index in [-0.39, 0.29) is 24.8 Å². The lowest BCUT2D eigenvalue weighted by atomic mass is 9.85. The van der Waals surface area contributed by atoms with Gasteiger partial charge in [0.25, 0.3) is 0 Å². The molecule has 0 aliphatic carbocycles. The number of carbonyl (C=O) groups is 2. The molecular formula is C12H21NO4. The number of aliphatic carboxylic acids is 1. The van der Waals surface area contributed by atoms with E-state index in [2.05, 4.69) is 5.32 Å². The van der Waals surface area contributed by atoms with Crippen molar-refractivity contribution < 1.29 is 19.4 Å². The first kappa shape index (κ1) is 14.0.